The number of hydrogen-bond acceptors (Lipinski definition) is 2. The van der Waals surface area contributed by atoms with Gasteiger partial charge < -0.3 is 9.84 Å². The summed E-state index contributed by atoms with van der Waals surface area (Å²) in [6.45, 7) is 1.27. The normalized spacial score (nSPS) is 24.2. The van der Waals surface area contributed by atoms with Crippen LogP contribution in [0.3, 0.4) is 0 Å². The van der Waals surface area contributed by atoms with E-state index < -0.39 is 18.0 Å². The van der Waals surface area contributed by atoms with Crippen molar-refractivity contribution in [1.29, 1.82) is 0 Å². The standard InChI is InChI=1S/C7H7F3O2/c1-4-2-3-12-6(11)5(4)7(8,9)10/h2-3,6,11H,1H3. The van der Waals surface area contributed by atoms with Gasteiger partial charge in [-0.2, -0.15) is 13.2 Å². The van der Waals surface area contributed by atoms with Crippen molar-refractivity contribution in [3.63, 3.8) is 0 Å². The molecule has 0 aromatic carbocycles. The predicted molar refractivity (Wildman–Crippen MR) is 35.0 cm³/mol. The molecular formula is C7H7F3O2. The van der Waals surface area contributed by atoms with E-state index in [-0.39, 0.29) is 5.57 Å². The third-order valence-electron chi connectivity index (χ3n) is 1.50. The highest BCUT2D eigenvalue weighted by atomic mass is 19.4. The number of rotatable bonds is 0. The first-order chi connectivity index (χ1) is 5.43. The fourth-order valence-electron chi connectivity index (χ4n) is 0.932. The number of aliphatic hydroxyl groups excluding tert-OH is 1. The zero-order valence-electron chi connectivity index (χ0n) is 6.22. The largest absolute Gasteiger partial charge is 0.468 e. The monoisotopic (exact) mass is 180 g/mol. The number of alkyl halides is 3. The predicted octanol–water partition coefficient (Wildman–Crippen LogP) is 1.73. The van der Waals surface area contributed by atoms with Crippen molar-refractivity contribution >= 4 is 0 Å². The van der Waals surface area contributed by atoms with Gasteiger partial charge in [-0.15, -0.1) is 0 Å². The zero-order chi connectivity index (χ0) is 9.35. The molecule has 0 amide bonds. The van der Waals surface area contributed by atoms with E-state index in [1.165, 1.54) is 6.92 Å². The lowest BCUT2D eigenvalue weighted by molar-refractivity contribution is -0.137. The van der Waals surface area contributed by atoms with E-state index in [9.17, 15) is 13.2 Å². The average Bonchev–Trinajstić information content (AvgIpc) is 1.82. The molecule has 12 heavy (non-hydrogen) atoms. The summed E-state index contributed by atoms with van der Waals surface area (Å²) in [6, 6.07) is 0. The van der Waals surface area contributed by atoms with E-state index in [0.29, 0.717) is 0 Å². The maximum atomic E-state index is 12.1. The summed E-state index contributed by atoms with van der Waals surface area (Å²) < 4.78 is 40.6. The Hall–Kier alpha value is -0.970. The summed E-state index contributed by atoms with van der Waals surface area (Å²) in [5.41, 5.74) is -1.06. The van der Waals surface area contributed by atoms with Crippen LogP contribution in [0.4, 0.5) is 13.2 Å². The van der Waals surface area contributed by atoms with Gasteiger partial charge in [-0.05, 0) is 18.6 Å². The quantitative estimate of drug-likeness (QED) is 0.615. The second-order valence-electron chi connectivity index (χ2n) is 2.39. The van der Waals surface area contributed by atoms with Crippen molar-refractivity contribution in [2.75, 3.05) is 0 Å². The summed E-state index contributed by atoms with van der Waals surface area (Å²) in [5, 5.41) is 8.82. The van der Waals surface area contributed by atoms with Crippen molar-refractivity contribution in [3.05, 3.63) is 23.5 Å². The number of ether oxygens (including phenoxy) is 1. The van der Waals surface area contributed by atoms with Crippen LogP contribution in [-0.2, 0) is 4.74 Å². The molecule has 1 heterocycles. The number of hydrogen-bond donors (Lipinski definition) is 1. The number of halogens is 3. The maximum absolute atomic E-state index is 12.1. The third-order valence-corrected chi connectivity index (χ3v) is 1.50. The summed E-state index contributed by atoms with van der Waals surface area (Å²) in [5.74, 6) is 0. The molecule has 0 fully saturated rings. The van der Waals surface area contributed by atoms with Gasteiger partial charge >= 0.3 is 6.18 Å². The van der Waals surface area contributed by atoms with Gasteiger partial charge in [0, 0.05) is 0 Å². The minimum Gasteiger partial charge on any atom is -0.468 e. The van der Waals surface area contributed by atoms with Gasteiger partial charge in [0.2, 0.25) is 6.29 Å². The summed E-state index contributed by atoms with van der Waals surface area (Å²) in [4.78, 5) is 0. The molecule has 1 N–H and O–H groups in total. The van der Waals surface area contributed by atoms with E-state index in [2.05, 4.69) is 4.74 Å². The summed E-state index contributed by atoms with van der Waals surface area (Å²) in [7, 11) is 0. The van der Waals surface area contributed by atoms with Crippen LogP contribution in [-0.4, -0.2) is 17.6 Å². The number of aliphatic hydroxyl groups is 1. The van der Waals surface area contributed by atoms with Gasteiger partial charge in [0.15, 0.2) is 0 Å². The Morgan fingerprint density at radius 3 is 2.42 bits per heavy atom. The Kier molecular flexibility index (Phi) is 2.14. The molecule has 0 aromatic heterocycles. The van der Waals surface area contributed by atoms with Crippen LogP contribution in [0.1, 0.15) is 6.92 Å². The molecule has 0 aromatic rings. The summed E-state index contributed by atoms with van der Waals surface area (Å²) >= 11 is 0. The lowest BCUT2D eigenvalue weighted by atomic mass is 10.1. The van der Waals surface area contributed by atoms with E-state index in [0.717, 1.165) is 12.3 Å². The molecule has 0 bridgehead atoms. The highest BCUT2D eigenvalue weighted by molar-refractivity contribution is 5.30. The average molecular weight is 180 g/mol. The molecule has 0 saturated heterocycles. The molecular weight excluding hydrogens is 173 g/mol. The van der Waals surface area contributed by atoms with Gasteiger partial charge in [-0.3, -0.25) is 0 Å². The smallest absolute Gasteiger partial charge is 0.418 e. The van der Waals surface area contributed by atoms with Gasteiger partial charge in [-0.25, -0.2) is 0 Å². The lowest BCUT2D eigenvalue weighted by Gasteiger charge is -2.21. The Bertz CT molecular complexity index is 240. The second kappa shape index (κ2) is 2.82. The van der Waals surface area contributed by atoms with Crippen LogP contribution < -0.4 is 0 Å². The fraction of sp³-hybridized carbons (Fsp3) is 0.429. The highest BCUT2D eigenvalue weighted by Crippen LogP contribution is 2.33. The van der Waals surface area contributed by atoms with Crippen LogP contribution in [0.25, 0.3) is 0 Å². The molecule has 0 saturated carbocycles. The van der Waals surface area contributed by atoms with Gasteiger partial charge in [0.1, 0.15) is 5.57 Å². The maximum Gasteiger partial charge on any atom is 0.418 e. The zero-order valence-corrected chi connectivity index (χ0v) is 6.22. The van der Waals surface area contributed by atoms with Gasteiger partial charge in [0.25, 0.3) is 0 Å². The van der Waals surface area contributed by atoms with Crippen molar-refractivity contribution in [3.8, 4) is 0 Å². The molecule has 1 unspecified atom stereocenters. The molecule has 0 aliphatic carbocycles. The Labute approximate surface area is 66.9 Å². The molecule has 2 nitrogen and oxygen atoms in total. The summed E-state index contributed by atoms with van der Waals surface area (Å²) in [6.07, 6.45) is -4.23. The molecule has 1 aliphatic heterocycles. The SMILES string of the molecule is CC1=C(C(F)(F)F)C(O)OC=C1. The molecule has 0 spiro atoms. The Morgan fingerprint density at radius 1 is 1.50 bits per heavy atom. The first kappa shape index (κ1) is 9.12. The third kappa shape index (κ3) is 1.61. The fourth-order valence-corrected chi connectivity index (χ4v) is 0.932. The van der Waals surface area contributed by atoms with E-state index in [1.54, 1.807) is 0 Å². The van der Waals surface area contributed by atoms with Crippen molar-refractivity contribution in [2.24, 2.45) is 0 Å². The van der Waals surface area contributed by atoms with Gasteiger partial charge in [-0.1, -0.05) is 0 Å². The molecule has 1 aliphatic rings. The first-order valence-corrected chi connectivity index (χ1v) is 3.21. The van der Waals surface area contributed by atoms with Crippen LogP contribution in [0, 0.1) is 0 Å². The molecule has 5 heteroatoms. The molecule has 1 rings (SSSR count). The topological polar surface area (TPSA) is 29.5 Å². The van der Waals surface area contributed by atoms with Crippen molar-refractivity contribution < 1.29 is 23.0 Å². The van der Waals surface area contributed by atoms with Crippen molar-refractivity contribution in [1.82, 2.24) is 0 Å². The van der Waals surface area contributed by atoms with Gasteiger partial charge in [0.05, 0.1) is 6.26 Å². The van der Waals surface area contributed by atoms with E-state index >= 15 is 0 Å². The molecule has 0 radical (unpaired) electrons. The minimum absolute atomic E-state index is 0.0266. The highest BCUT2D eigenvalue weighted by Gasteiger charge is 2.41. The van der Waals surface area contributed by atoms with Crippen LogP contribution in [0.2, 0.25) is 0 Å². The second-order valence-corrected chi connectivity index (χ2v) is 2.39. The lowest BCUT2D eigenvalue weighted by Crippen LogP contribution is -2.28. The van der Waals surface area contributed by atoms with Crippen LogP contribution >= 0.6 is 0 Å². The first-order valence-electron chi connectivity index (χ1n) is 3.21. The van der Waals surface area contributed by atoms with Crippen LogP contribution in [0.5, 0.6) is 0 Å². The Balaban J connectivity index is 3.05. The minimum atomic E-state index is -4.53. The van der Waals surface area contributed by atoms with Crippen molar-refractivity contribution in [2.45, 2.75) is 19.4 Å². The van der Waals surface area contributed by atoms with Crippen LogP contribution in [0.15, 0.2) is 23.5 Å². The molecule has 68 valence electrons. The van der Waals surface area contributed by atoms with E-state index in [4.69, 9.17) is 5.11 Å². The number of allylic oxidation sites excluding steroid dienone is 2. The Morgan fingerprint density at radius 2 is 2.08 bits per heavy atom. The van der Waals surface area contributed by atoms with E-state index in [1.807, 2.05) is 0 Å². The molecule has 1 atom stereocenters.